The molecule has 0 aromatic carbocycles. The van der Waals surface area contributed by atoms with Crippen LogP contribution >= 0.6 is 0 Å². The number of esters is 2. The zero-order chi connectivity index (χ0) is 16.6. The molecule has 1 rings (SSSR count). The summed E-state index contributed by atoms with van der Waals surface area (Å²) in [6.07, 6.45) is 1.95. The number of rotatable bonds is 11. The highest BCUT2D eigenvalue weighted by Crippen LogP contribution is 2.28. The topological polar surface area (TPSA) is 102 Å². The number of unbranched alkanes of at least 4 members (excludes halogenated alkanes) is 1. The van der Waals surface area contributed by atoms with Crippen LogP contribution in [0.4, 0.5) is 0 Å². The first-order chi connectivity index (χ1) is 10.4. The van der Waals surface area contributed by atoms with E-state index >= 15 is 0 Å². The largest absolute Gasteiger partial charge is 0.481 e. The maximum absolute atomic E-state index is 12.4. The third-order valence-electron chi connectivity index (χ3n) is 3.31. The van der Waals surface area contributed by atoms with Crippen LogP contribution in [0.3, 0.4) is 0 Å². The van der Waals surface area contributed by atoms with E-state index in [4.69, 9.17) is 19.3 Å². The van der Waals surface area contributed by atoms with Gasteiger partial charge in [0.25, 0.3) is 0 Å². The molecule has 22 heavy (non-hydrogen) atoms. The summed E-state index contributed by atoms with van der Waals surface area (Å²) in [7, 11) is 0. The lowest BCUT2D eigenvalue weighted by molar-refractivity contribution is -0.183. The molecular formula is C15H22O7. The minimum atomic E-state index is -1.59. The Morgan fingerprint density at radius 2 is 2.09 bits per heavy atom. The van der Waals surface area contributed by atoms with Crippen LogP contribution in [0.25, 0.3) is 0 Å². The van der Waals surface area contributed by atoms with Gasteiger partial charge in [-0.2, -0.15) is 0 Å². The van der Waals surface area contributed by atoms with Crippen molar-refractivity contribution in [3.63, 3.8) is 0 Å². The van der Waals surface area contributed by atoms with Crippen LogP contribution in [0.15, 0.2) is 12.7 Å². The van der Waals surface area contributed by atoms with Crippen molar-refractivity contribution in [3.8, 4) is 0 Å². The van der Waals surface area contributed by atoms with E-state index in [1.807, 2.05) is 6.92 Å². The Morgan fingerprint density at radius 3 is 2.59 bits per heavy atom. The molecule has 124 valence electrons. The van der Waals surface area contributed by atoms with Crippen molar-refractivity contribution in [1.29, 1.82) is 0 Å². The van der Waals surface area contributed by atoms with Crippen molar-refractivity contribution >= 4 is 17.9 Å². The summed E-state index contributed by atoms with van der Waals surface area (Å²) in [6, 6.07) is 0. The van der Waals surface area contributed by atoms with Crippen molar-refractivity contribution in [2.45, 2.75) is 50.7 Å². The predicted molar refractivity (Wildman–Crippen MR) is 76.1 cm³/mol. The molecule has 0 aromatic heterocycles. The van der Waals surface area contributed by atoms with Crippen molar-refractivity contribution in [3.05, 3.63) is 12.7 Å². The lowest BCUT2D eigenvalue weighted by Crippen LogP contribution is -2.45. The standard InChI is InChI=1S/C15H22O7/c1-3-5-7-15(8-6-12(16)17,22-13(18)4-2)14(19)21-10-11-9-20-11/h4,11H,2-3,5-10H2,1H3,(H,16,17). The van der Waals surface area contributed by atoms with Crippen LogP contribution in [0.1, 0.15) is 39.0 Å². The Labute approximate surface area is 129 Å². The van der Waals surface area contributed by atoms with Crippen molar-refractivity contribution < 1.29 is 33.7 Å². The molecule has 0 radical (unpaired) electrons. The second-order valence-electron chi connectivity index (χ2n) is 5.17. The third-order valence-corrected chi connectivity index (χ3v) is 3.31. The zero-order valence-electron chi connectivity index (χ0n) is 12.7. The number of carbonyl (C=O) groups is 3. The molecule has 7 heteroatoms. The summed E-state index contributed by atoms with van der Waals surface area (Å²) in [6.45, 7) is 5.82. The lowest BCUT2D eigenvalue weighted by Gasteiger charge is -2.30. The van der Waals surface area contributed by atoms with E-state index in [1.165, 1.54) is 0 Å². The van der Waals surface area contributed by atoms with Gasteiger partial charge in [-0.25, -0.2) is 9.59 Å². The first-order valence-electron chi connectivity index (χ1n) is 7.29. The van der Waals surface area contributed by atoms with Gasteiger partial charge in [-0.05, 0) is 12.8 Å². The first-order valence-corrected chi connectivity index (χ1v) is 7.29. The first kappa shape index (κ1) is 18.2. The van der Waals surface area contributed by atoms with E-state index in [2.05, 4.69) is 6.58 Å². The average molecular weight is 314 g/mol. The number of carboxylic acids is 1. The zero-order valence-corrected chi connectivity index (χ0v) is 12.7. The minimum absolute atomic E-state index is 0.0748. The van der Waals surface area contributed by atoms with Crippen LogP contribution in [0.5, 0.6) is 0 Å². The molecule has 1 heterocycles. The Kier molecular flexibility index (Phi) is 7.04. The molecule has 0 saturated carbocycles. The van der Waals surface area contributed by atoms with Crippen molar-refractivity contribution in [1.82, 2.24) is 0 Å². The summed E-state index contributed by atoms with van der Waals surface area (Å²) >= 11 is 0. The molecule has 1 aliphatic heterocycles. The van der Waals surface area contributed by atoms with Gasteiger partial charge in [-0.3, -0.25) is 4.79 Å². The Morgan fingerprint density at radius 1 is 1.41 bits per heavy atom. The quantitative estimate of drug-likeness (QED) is 0.350. The fourth-order valence-corrected chi connectivity index (χ4v) is 1.94. The van der Waals surface area contributed by atoms with Gasteiger partial charge in [-0.15, -0.1) is 0 Å². The lowest BCUT2D eigenvalue weighted by atomic mass is 9.91. The molecule has 0 aromatic rings. The monoisotopic (exact) mass is 314 g/mol. The molecule has 2 unspecified atom stereocenters. The Bertz CT molecular complexity index is 428. The van der Waals surface area contributed by atoms with Gasteiger partial charge in [0.2, 0.25) is 5.60 Å². The molecule has 1 N–H and O–H groups in total. The molecule has 0 bridgehead atoms. The maximum Gasteiger partial charge on any atom is 0.350 e. The van der Waals surface area contributed by atoms with Crippen LogP contribution < -0.4 is 0 Å². The summed E-state index contributed by atoms with van der Waals surface area (Å²) < 4.78 is 15.3. The molecule has 1 saturated heterocycles. The smallest absolute Gasteiger partial charge is 0.350 e. The van der Waals surface area contributed by atoms with E-state index in [1.54, 1.807) is 0 Å². The van der Waals surface area contributed by atoms with Gasteiger partial charge in [0.05, 0.1) is 6.61 Å². The number of hydrogen-bond donors (Lipinski definition) is 1. The number of aliphatic carboxylic acids is 1. The molecule has 0 amide bonds. The minimum Gasteiger partial charge on any atom is -0.481 e. The highest BCUT2D eigenvalue weighted by Gasteiger charge is 2.44. The summed E-state index contributed by atoms with van der Waals surface area (Å²) in [5.74, 6) is -2.58. The molecule has 2 atom stereocenters. The van der Waals surface area contributed by atoms with Gasteiger partial charge >= 0.3 is 17.9 Å². The molecular weight excluding hydrogens is 292 g/mol. The Hall–Kier alpha value is -1.89. The molecule has 1 fully saturated rings. The van der Waals surface area contributed by atoms with Gasteiger partial charge in [0.1, 0.15) is 12.7 Å². The van der Waals surface area contributed by atoms with E-state index in [0.717, 1.165) is 12.5 Å². The fourth-order valence-electron chi connectivity index (χ4n) is 1.94. The van der Waals surface area contributed by atoms with E-state index in [9.17, 15) is 14.4 Å². The normalized spacial score (nSPS) is 18.9. The number of hydrogen-bond acceptors (Lipinski definition) is 6. The second-order valence-corrected chi connectivity index (χ2v) is 5.17. The van der Waals surface area contributed by atoms with Crippen LogP contribution in [0.2, 0.25) is 0 Å². The molecule has 1 aliphatic rings. The molecule has 0 aliphatic carbocycles. The van der Waals surface area contributed by atoms with Crippen LogP contribution in [-0.2, 0) is 28.6 Å². The number of carbonyl (C=O) groups excluding carboxylic acids is 2. The summed E-state index contributed by atoms with van der Waals surface area (Å²) in [5.41, 5.74) is -1.59. The third kappa shape index (κ3) is 5.85. The van der Waals surface area contributed by atoms with Crippen molar-refractivity contribution in [2.24, 2.45) is 0 Å². The Balaban J connectivity index is 2.86. The van der Waals surface area contributed by atoms with Crippen LogP contribution in [0, 0.1) is 0 Å². The fraction of sp³-hybridized carbons (Fsp3) is 0.667. The SMILES string of the molecule is C=CC(=O)OC(CCCC)(CCC(=O)O)C(=O)OCC1CO1. The van der Waals surface area contributed by atoms with Gasteiger partial charge in [-0.1, -0.05) is 19.9 Å². The van der Waals surface area contributed by atoms with E-state index in [-0.39, 0.29) is 32.0 Å². The number of epoxide rings is 1. The molecule has 0 spiro atoms. The highest BCUT2D eigenvalue weighted by molar-refractivity contribution is 5.88. The number of carboxylic acid groups (broad SMARTS) is 1. The highest BCUT2D eigenvalue weighted by atomic mass is 16.6. The van der Waals surface area contributed by atoms with Gasteiger partial charge < -0.3 is 19.3 Å². The number of ether oxygens (including phenoxy) is 3. The van der Waals surface area contributed by atoms with E-state index < -0.39 is 23.5 Å². The second kappa shape index (κ2) is 8.53. The average Bonchev–Trinajstić information content (AvgIpc) is 3.31. The van der Waals surface area contributed by atoms with Gasteiger partial charge in [0, 0.05) is 18.9 Å². The van der Waals surface area contributed by atoms with Gasteiger partial charge in [0.15, 0.2) is 0 Å². The van der Waals surface area contributed by atoms with Crippen LogP contribution in [-0.4, -0.2) is 47.9 Å². The van der Waals surface area contributed by atoms with E-state index in [0.29, 0.717) is 13.0 Å². The summed E-state index contributed by atoms with van der Waals surface area (Å²) in [5, 5.41) is 8.87. The predicted octanol–water partition coefficient (Wildman–Crippen LogP) is 1.45. The molecule has 7 nitrogen and oxygen atoms in total. The maximum atomic E-state index is 12.4. The van der Waals surface area contributed by atoms with Crippen molar-refractivity contribution in [2.75, 3.05) is 13.2 Å². The summed E-state index contributed by atoms with van der Waals surface area (Å²) in [4.78, 5) is 34.8.